The van der Waals surface area contributed by atoms with Crippen LogP contribution in [-0.4, -0.2) is 10.9 Å². The maximum Gasteiger partial charge on any atom is 0.224 e. The standard InChI is InChI=1S/C14H11BrN2O/c15-14-10(9-4-2-1-3-5-9)8-12-11(17-14)6-7-13(18)16-12/h1-5,8H,6-7H2,(H,16,18). The molecule has 0 atom stereocenters. The van der Waals surface area contributed by atoms with Crippen molar-refractivity contribution in [3.05, 3.63) is 46.7 Å². The molecule has 2 heterocycles. The van der Waals surface area contributed by atoms with Gasteiger partial charge in [-0.2, -0.15) is 0 Å². The normalized spacial score (nSPS) is 13.9. The number of nitrogens with one attached hydrogen (secondary N) is 1. The van der Waals surface area contributed by atoms with Crippen LogP contribution in [0, 0.1) is 0 Å². The monoisotopic (exact) mass is 302 g/mol. The fraction of sp³-hybridized carbons (Fsp3) is 0.143. The molecule has 0 saturated heterocycles. The number of hydrogen-bond donors (Lipinski definition) is 1. The summed E-state index contributed by atoms with van der Waals surface area (Å²) in [6, 6.07) is 12.0. The van der Waals surface area contributed by atoms with Crippen LogP contribution < -0.4 is 5.32 Å². The van der Waals surface area contributed by atoms with Gasteiger partial charge >= 0.3 is 0 Å². The highest BCUT2D eigenvalue weighted by atomic mass is 79.9. The van der Waals surface area contributed by atoms with Gasteiger partial charge in [-0.1, -0.05) is 30.3 Å². The molecule has 0 unspecified atom stereocenters. The molecule has 1 aromatic heterocycles. The second kappa shape index (κ2) is 4.53. The zero-order valence-electron chi connectivity index (χ0n) is 9.61. The zero-order chi connectivity index (χ0) is 12.5. The Morgan fingerprint density at radius 3 is 2.72 bits per heavy atom. The number of aryl methyl sites for hydroxylation is 1. The number of anilines is 1. The fourth-order valence-corrected chi connectivity index (χ4v) is 2.65. The second-order valence-electron chi connectivity index (χ2n) is 4.24. The maximum atomic E-state index is 11.4. The summed E-state index contributed by atoms with van der Waals surface area (Å²) in [5.41, 5.74) is 3.85. The van der Waals surface area contributed by atoms with E-state index in [9.17, 15) is 4.79 Å². The summed E-state index contributed by atoms with van der Waals surface area (Å²) >= 11 is 3.50. The van der Waals surface area contributed by atoms with E-state index in [0.29, 0.717) is 12.8 Å². The second-order valence-corrected chi connectivity index (χ2v) is 4.99. The van der Waals surface area contributed by atoms with Crippen LogP contribution in [0.3, 0.4) is 0 Å². The smallest absolute Gasteiger partial charge is 0.224 e. The molecule has 3 rings (SSSR count). The third-order valence-electron chi connectivity index (χ3n) is 3.00. The van der Waals surface area contributed by atoms with E-state index >= 15 is 0 Å². The van der Waals surface area contributed by atoms with E-state index in [2.05, 4.69) is 26.2 Å². The number of nitrogens with zero attached hydrogens (tertiary/aromatic N) is 1. The first-order valence-electron chi connectivity index (χ1n) is 5.79. The lowest BCUT2D eigenvalue weighted by Crippen LogP contribution is -2.20. The van der Waals surface area contributed by atoms with E-state index in [1.54, 1.807) is 0 Å². The first-order valence-corrected chi connectivity index (χ1v) is 6.58. The van der Waals surface area contributed by atoms with Crippen molar-refractivity contribution in [2.24, 2.45) is 0 Å². The fourth-order valence-electron chi connectivity index (χ4n) is 2.09. The van der Waals surface area contributed by atoms with Crippen molar-refractivity contribution < 1.29 is 4.79 Å². The number of halogens is 1. The Bertz CT molecular complexity index is 611. The van der Waals surface area contributed by atoms with Gasteiger partial charge in [-0.25, -0.2) is 4.98 Å². The number of carbonyl (C=O) groups is 1. The molecule has 0 aliphatic carbocycles. The van der Waals surface area contributed by atoms with Gasteiger partial charge in [0.25, 0.3) is 0 Å². The van der Waals surface area contributed by atoms with E-state index in [-0.39, 0.29) is 5.91 Å². The Balaban J connectivity index is 2.12. The number of hydrogen-bond acceptors (Lipinski definition) is 2. The van der Waals surface area contributed by atoms with E-state index in [1.165, 1.54) is 0 Å². The minimum Gasteiger partial charge on any atom is -0.324 e. The van der Waals surface area contributed by atoms with Crippen LogP contribution >= 0.6 is 15.9 Å². The van der Waals surface area contributed by atoms with Gasteiger partial charge in [0.15, 0.2) is 0 Å². The van der Waals surface area contributed by atoms with Crippen molar-refractivity contribution in [1.82, 2.24) is 4.98 Å². The summed E-state index contributed by atoms with van der Waals surface area (Å²) in [6.45, 7) is 0. The van der Waals surface area contributed by atoms with Crippen molar-refractivity contribution in [3.63, 3.8) is 0 Å². The van der Waals surface area contributed by atoms with Crippen LogP contribution in [0.1, 0.15) is 12.1 Å². The third-order valence-corrected chi connectivity index (χ3v) is 3.61. The quantitative estimate of drug-likeness (QED) is 0.820. The molecule has 90 valence electrons. The molecule has 0 radical (unpaired) electrons. The van der Waals surface area contributed by atoms with Crippen LogP contribution in [-0.2, 0) is 11.2 Å². The van der Waals surface area contributed by atoms with Crippen molar-refractivity contribution in [2.75, 3.05) is 5.32 Å². The first kappa shape index (κ1) is 11.4. The molecule has 1 N–H and O–H groups in total. The van der Waals surface area contributed by atoms with E-state index in [0.717, 1.165) is 27.1 Å². The van der Waals surface area contributed by atoms with E-state index in [1.807, 2.05) is 36.4 Å². The summed E-state index contributed by atoms with van der Waals surface area (Å²) in [7, 11) is 0. The van der Waals surface area contributed by atoms with Crippen molar-refractivity contribution in [1.29, 1.82) is 0 Å². The molecule has 0 bridgehead atoms. The number of carbonyl (C=O) groups excluding carboxylic acids is 1. The molecule has 1 aromatic carbocycles. The van der Waals surface area contributed by atoms with Gasteiger partial charge in [-0.3, -0.25) is 4.79 Å². The summed E-state index contributed by atoms with van der Waals surface area (Å²) in [4.78, 5) is 15.9. The highest BCUT2D eigenvalue weighted by molar-refractivity contribution is 9.10. The molecular weight excluding hydrogens is 292 g/mol. The molecule has 0 spiro atoms. The van der Waals surface area contributed by atoms with Crippen LogP contribution in [0.4, 0.5) is 5.69 Å². The Kier molecular flexibility index (Phi) is 2.88. The molecule has 2 aromatic rings. The number of fused-ring (bicyclic) bond motifs is 1. The predicted molar refractivity (Wildman–Crippen MR) is 74.3 cm³/mol. The molecule has 4 heteroatoms. The van der Waals surface area contributed by atoms with Gasteiger partial charge < -0.3 is 5.32 Å². The molecular formula is C14H11BrN2O. The van der Waals surface area contributed by atoms with Crippen LogP contribution in [0.25, 0.3) is 11.1 Å². The van der Waals surface area contributed by atoms with Crippen LogP contribution in [0.5, 0.6) is 0 Å². The minimum atomic E-state index is 0.0608. The number of benzene rings is 1. The Labute approximate surface area is 113 Å². The summed E-state index contributed by atoms with van der Waals surface area (Å²) < 4.78 is 0.823. The Morgan fingerprint density at radius 1 is 1.17 bits per heavy atom. The average molecular weight is 303 g/mol. The van der Waals surface area contributed by atoms with Crippen LogP contribution in [0.2, 0.25) is 0 Å². The summed E-state index contributed by atoms with van der Waals surface area (Å²) in [5, 5.41) is 2.87. The van der Waals surface area contributed by atoms with E-state index < -0.39 is 0 Å². The summed E-state index contributed by atoms with van der Waals surface area (Å²) in [6.07, 6.45) is 1.21. The van der Waals surface area contributed by atoms with Crippen molar-refractivity contribution in [2.45, 2.75) is 12.8 Å². The highest BCUT2D eigenvalue weighted by Crippen LogP contribution is 2.32. The first-order chi connectivity index (χ1) is 8.74. The lowest BCUT2D eigenvalue weighted by Gasteiger charge is -2.17. The molecule has 18 heavy (non-hydrogen) atoms. The van der Waals surface area contributed by atoms with Gasteiger partial charge in [0, 0.05) is 18.4 Å². The van der Waals surface area contributed by atoms with Gasteiger partial charge in [-0.15, -0.1) is 0 Å². The molecule has 1 aliphatic heterocycles. The Morgan fingerprint density at radius 2 is 1.94 bits per heavy atom. The molecule has 3 nitrogen and oxygen atoms in total. The van der Waals surface area contributed by atoms with Crippen molar-refractivity contribution in [3.8, 4) is 11.1 Å². The topological polar surface area (TPSA) is 42.0 Å². The highest BCUT2D eigenvalue weighted by Gasteiger charge is 2.18. The van der Waals surface area contributed by atoms with Crippen LogP contribution in [0.15, 0.2) is 41.0 Å². The van der Waals surface area contributed by atoms with E-state index in [4.69, 9.17) is 0 Å². The zero-order valence-corrected chi connectivity index (χ0v) is 11.2. The Hall–Kier alpha value is -1.68. The molecule has 0 saturated carbocycles. The predicted octanol–water partition coefficient (Wildman–Crippen LogP) is 3.40. The number of amides is 1. The largest absolute Gasteiger partial charge is 0.324 e. The SMILES string of the molecule is O=C1CCc2nc(Br)c(-c3ccccc3)cc2N1. The number of pyridine rings is 1. The van der Waals surface area contributed by atoms with Gasteiger partial charge in [0.05, 0.1) is 11.4 Å². The summed E-state index contributed by atoms with van der Waals surface area (Å²) in [5.74, 6) is 0.0608. The van der Waals surface area contributed by atoms with Gasteiger partial charge in [0.1, 0.15) is 4.60 Å². The minimum absolute atomic E-state index is 0.0608. The lowest BCUT2D eigenvalue weighted by molar-refractivity contribution is -0.116. The molecule has 0 fully saturated rings. The number of aromatic nitrogens is 1. The number of rotatable bonds is 1. The molecule has 1 aliphatic rings. The third kappa shape index (κ3) is 2.04. The van der Waals surface area contributed by atoms with Gasteiger partial charge in [-0.05, 0) is 27.6 Å². The average Bonchev–Trinajstić information content (AvgIpc) is 2.39. The molecule has 1 amide bonds. The lowest BCUT2D eigenvalue weighted by atomic mass is 10.0. The van der Waals surface area contributed by atoms with Gasteiger partial charge in [0.2, 0.25) is 5.91 Å². The van der Waals surface area contributed by atoms with Crippen molar-refractivity contribution >= 4 is 27.5 Å². The maximum absolute atomic E-state index is 11.4.